The Labute approximate surface area is 192 Å². The zero-order valence-electron chi connectivity index (χ0n) is 18.6. The molecule has 8 heteroatoms. The molecule has 1 amide bonds. The number of methoxy groups -OCH3 is 1. The highest BCUT2D eigenvalue weighted by molar-refractivity contribution is 5.93. The lowest BCUT2D eigenvalue weighted by atomic mass is 10.1. The molecule has 0 aliphatic carbocycles. The molecule has 8 nitrogen and oxygen atoms in total. The number of aromatic nitrogens is 5. The zero-order valence-corrected chi connectivity index (χ0v) is 18.6. The van der Waals surface area contributed by atoms with E-state index in [9.17, 15) is 4.79 Å². The van der Waals surface area contributed by atoms with Crippen LogP contribution in [0.2, 0.25) is 0 Å². The van der Waals surface area contributed by atoms with Crippen LogP contribution in [0.1, 0.15) is 41.4 Å². The highest BCUT2D eigenvalue weighted by Crippen LogP contribution is 2.26. The maximum atomic E-state index is 13.0. The van der Waals surface area contributed by atoms with Gasteiger partial charge in [-0.3, -0.25) is 4.79 Å². The first kappa shape index (κ1) is 20.9. The van der Waals surface area contributed by atoms with Crippen LogP contribution in [0.3, 0.4) is 0 Å². The minimum Gasteiger partial charge on any atom is -0.497 e. The number of para-hydroxylation sites is 1. The minimum atomic E-state index is -0.245. The Kier molecular flexibility index (Phi) is 5.89. The lowest BCUT2D eigenvalue weighted by Crippen LogP contribution is -2.25. The second-order valence-electron chi connectivity index (χ2n) is 8.07. The van der Waals surface area contributed by atoms with Crippen LogP contribution in [0.4, 0.5) is 0 Å². The normalized spacial score (nSPS) is 13.2. The van der Waals surface area contributed by atoms with Gasteiger partial charge in [0.25, 0.3) is 5.91 Å². The third-order valence-electron chi connectivity index (χ3n) is 5.92. The Morgan fingerprint density at radius 2 is 1.85 bits per heavy atom. The number of hydrogen-bond donors (Lipinski definition) is 1. The average Bonchev–Trinajstić information content (AvgIpc) is 3.40. The maximum Gasteiger partial charge on any atom is 0.272 e. The molecule has 1 N–H and O–H groups in total. The van der Waals surface area contributed by atoms with E-state index in [-0.39, 0.29) is 5.91 Å². The van der Waals surface area contributed by atoms with E-state index >= 15 is 0 Å². The molecule has 4 aromatic rings. The number of aryl methyl sites for hydroxylation is 1. The van der Waals surface area contributed by atoms with Gasteiger partial charge in [-0.2, -0.15) is 5.10 Å². The summed E-state index contributed by atoms with van der Waals surface area (Å²) in [5.74, 6) is 2.32. The van der Waals surface area contributed by atoms with Crippen LogP contribution in [0.5, 0.6) is 5.75 Å². The van der Waals surface area contributed by atoms with Crippen LogP contribution in [-0.4, -0.2) is 37.6 Å². The Bertz CT molecular complexity index is 1240. The van der Waals surface area contributed by atoms with Gasteiger partial charge in [-0.05, 0) is 55.3 Å². The van der Waals surface area contributed by atoms with E-state index in [0.717, 1.165) is 60.2 Å². The van der Waals surface area contributed by atoms with Crippen molar-refractivity contribution in [1.82, 2.24) is 29.9 Å². The molecule has 1 aliphatic rings. The second-order valence-corrected chi connectivity index (χ2v) is 8.07. The quantitative estimate of drug-likeness (QED) is 0.491. The molecule has 3 heterocycles. The van der Waals surface area contributed by atoms with E-state index in [2.05, 4.69) is 25.2 Å². The van der Waals surface area contributed by atoms with E-state index in [0.29, 0.717) is 12.2 Å². The Balaban J connectivity index is 1.41. The molecule has 0 saturated heterocycles. The fraction of sp³-hybridized carbons (Fsp3) is 0.280. The second kappa shape index (κ2) is 9.28. The number of hydrogen-bond acceptors (Lipinski definition) is 5. The van der Waals surface area contributed by atoms with Gasteiger partial charge in [0.15, 0.2) is 11.5 Å². The smallest absolute Gasteiger partial charge is 0.272 e. The first-order valence-corrected chi connectivity index (χ1v) is 11.2. The van der Waals surface area contributed by atoms with Gasteiger partial charge in [-0.1, -0.05) is 24.6 Å². The number of carbonyl (C=O) groups is 1. The number of nitrogens with zero attached hydrogens (tertiary/aromatic N) is 5. The lowest BCUT2D eigenvalue weighted by molar-refractivity contribution is 0.0944. The molecule has 0 unspecified atom stereocenters. The molecule has 0 spiro atoms. The van der Waals surface area contributed by atoms with E-state index in [4.69, 9.17) is 4.74 Å². The number of amides is 1. The average molecular weight is 443 g/mol. The molecule has 1 aliphatic heterocycles. The number of benzene rings is 2. The summed E-state index contributed by atoms with van der Waals surface area (Å²) in [5, 5.41) is 16.2. The van der Waals surface area contributed by atoms with Crippen LogP contribution in [-0.2, 0) is 19.5 Å². The summed E-state index contributed by atoms with van der Waals surface area (Å²) in [6, 6.07) is 19.3. The van der Waals surface area contributed by atoms with Crippen molar-refractivity contribution >= 4 is 5.91 Å². The minimum absolute atomic E-state index is 0.245. The van der Waals surface area contributed by atoms with Gasteiger partial charge >= 0.3 is 0 Å². The van der Waals surface area contributed by atoms with Gasteiger partial charge in [-0.25, -0.2) is 4.68 Å². The van der Waals surface area contributed by atoms with Crippen LogP contribution >= 0.6 is 0 Å². The van der Waals surface area contributed by atoms with E-state index in [1.807, 2.05) is 60.7 Å². The Morgan fingerprint density at radius 3 is 2.64 bits per heavy atom. The van der Waals surface area contributed by atoms with Crippen LogP contribution in [0.15, 0.2) is 60.7 Å². The van der Waals surface area contributed by atoms with Gasteiger partial charge in [0, 0.05) is 18.5 Å². The molecule has 2 aromatic heterocycles. The van der Waals surface area contributed by atoms with Gasteiger partial charge < -0.3 is 14.6 Å². The van der Waals surface area contributed by atoms with Gasteiger partial charge in [-0.15, -0.1) is 10.2 Å². The Hall–Kier alpha value is -3.94. The first-order chi connectivity index (χ1) is 16.2. The summed E-state index contributed by atoms with van der Waals surface area (Å²) in [6.45, 7) is 1.22. The summed E-state index contributed by atoms with van der Waals surface area (Å²) in [5.41, 5.74) is 2.99. The molecular formula is C25H26N6O2. The SMILES string of the molecule is COc1ccc(-c2cc(C(=O)NCc3nnc4n3CCCCC4)nn2-c2ccccc2)cc1. The molecule has 2 aromatic carbocycles. The molecule has 33 heavy (non-hydrogen) atoms. The van der Waals surface area contributed by atoms with E-state index in [1.165, 1.54) is 6.42 Å². The molecule has 0 bridgehead atoms. The summed E-state index contributed by atoms with van der Waals surface area (Å²) < 4.78 is 9.21. The van der Waals surface area contributed by atoms with E-state index < -0.39 is 0 Å². The molecule has 5 rings (SSSR count). The van der Waals surface area contributed by atoms with Crippen molar-refractivity contribution in [2.24, 2.45) is 0 Å². The van der Waals surface area contributed by atoms with Crippen molar-refractivity contribution in [2.75, 3.05) is 7.11 Å². The number of nitrogens with one attached hydrogen (secondary N) is 1. The third kappa shape index (κ3) is 4.37. The van der Waals surface area contributed by atoms with Gasteiger partial charge in [0.1, 0.15) is 11.6 Å². The van der Waals surface area contributed by atoms with Crippen molar-refractivity contribution in [1.29, 1.82) is 0 Å². The van der Waals surface area contributed by atoms with Gasteiger partial charge in [0.05, 0.1) is 25.0 Å². The third-order valence-corrected chi connectivity index (χ3v) is 5.92. The first-order valence-electron chi connectivity index (χ1n) is 11.2. The monoisotopic (exact) mass is 442 g/mol. The van der Waals surface area contributed by atoms with Crippen LogP contribution in [0.25, 0.3) is 16.9 Å². The molecule has 0 fully saturated rings. The zero-order chi connectivity index (χ0) is 22.6. The summed E-state index contributed by atoms with van der Waals surface area (Å²) in [7, 11) is 1.64. The number of fused-ring (bicyclic) bond motifs is 1. The van der Waals surface area contributed by atoms with Crippen molar-refractivity contribution in [3.63, 3.8) is 0 Å². The van der Waals surface area contributed by atoms with Crippen molar-refractivity contribution < 1.29 is 9.53 Å². The predicted octanol–water partition coefficient (Wildman–Crippen LogP) is 3.80. The maximum absolute atomic E-state index is 13.0. The fourth-order valence-electron chi connectivity index (χ4n) is 4.15. The molecule has 0 atom stereocenters. The summed E-state index contributed by atoms with van der Waals surface area (Å²) in [4.78, 5) is 13.0. The fourth-order valence-corrected chi connectivity index (χ4v) is 4.15. The van der Waals surface area contributed by atoms with Crippen LogP contribution < -0.4 is 10.1 Å². The van der Waals surface area contributed by atoms with Crippen molar-refractivity contribution in [3.05, 3.63) is 78.0 Å². The molecule has 168 valence electrons. The number of carbonyl (C=O) groups excluding carboxylic acids is 1. The molecular weight excluding hydrogens is 416 g/mol. The topological polar surface area (TPSA) is 86.9 Å². The predicted molar refractivity (Wildman–Crippen MR) is 124 cm³/mol. The van der Waals surface area contributed by atoms with Crippen molar-refractivity contribution in [2.45, 2.75) is 38.8 Å². The standard InChI is InChI=1S/C25H26N6O2/c1-33-20-13-11-18(12-14-20)22-16-21(29-31(22)19-8-4-2-5-9-19)25(32)26-17-24-28-27-23-10-6-3-7-15-30(23)24/h2,4-5,8-9,11-14,16H,3,6-7,10,15,17H2,1H3,(H,26,32). The van der Waals surface area contributed by atoms with E-state index in [1.54, 1.807) is 11.8 Å². The van der Waals surface area contributed by atoms with Gasteiger partial charge in [0.2, 0.25) is 0 Å². The summed E-state index contributed by atoms with van der Waals surface area (Å²) >= 11 is 0. The molecule has 0 radical (unpaired) electrons. The highest BCUT2D eigenvalue weighted by atomic mass is 16.5. The number of ether oxygens (including phenoxy) is 1. The summed E-state index contributed by atoms with van der Waals surface area (Å²) in [6.07, 6.45) is 4.38. The number of rotatable bonds is 6. The lowest BCUT2D eigenvalue weighted by Gasteiger charge is -2.08. The van der Waals surface area contributed by atoms with Crippen molar-refractivity contribution in [3.8, 4) is 22.7 Å². The van der Waals surface area contributed by atoms with Crippen LogP contribution in [0, 0.1) is 0 Å². The highest BCUT2D eigenvalue weighted by Gasteiger charge is 2.19. The molecule has 0 saturated carbocycles. The Morgan fingerprint density at radius 1 is 1.03 bits per heavy atom. The largest absolute Gasteiger partial charge is 0.497 e.